The van der Waals surface area contributed by atoms with E-state index >= 15 is 0 Å². The lowest BCUT2D eigenvalue weighted by atomic mass is 9.79. The SMILES string of the molecule is CC(C)C(C)(C)C(=O)N1CCCCC1. The van der Waals surface area contributed by atoms with Gasteiger partial charge >= 0.3 is 0 Å². The van der Waals surface area contributed by atoms with Crippen LogP contribution in [0, 0.1) is 11.3 Å². The van der Waals surface area contributed by atoms with E-state index in [2.05, 4.69) is 27.7 Å². The summed E-state index contributed by atoms with van der Waals surface area (Å²) in [7, 11) is 0. The Morgan fingerprint density at radius 1 is 1.14 bits per heavy atom. The summed E-state index contributed by atoms with van der Waals surface area (Å²) in [5, 5.41) is 0. The van der Waals surface area contributed by atoms with Crippen LogP contribution in [-0.2, 0) is 4.79 Å². The zero-order valence-electron chi connectivity index (χ0n) is 9.97. The first-order chi connectivity index (χ1) is 6.46. The second-order valence-corrected chi connectivity index (χ2v) is 5.23. The molecule has 0 unspecified atom stereocenters. The Hall–Kier alpha value is -0.530. The summed E-state index contributed by atoms with van der Waals surface area (Å²) in [5.74, 6) is 0.754. The van der Waals surface area contributed by atoms with Crippen LogP contribution in [0.2, 0.25) is 0 Å². The second-order valence-electron chi connectivity index (χ2n) is 5.23. The van der Waals surface area contributed by atoms with E-state index in [0.29, 0.717) is 11.8 Å². The summed E-state index contributed by atoms with van der Waals surface area (Å²) < 4.78 is 0. The van der Waals surface area contributed by atoms with Crippen LogP contribution in [0.15, 0.2) is 0 Å². The van der Waals surface area contributed by atoms with Crippen molar-refractivity contribution in [3.05, 3.63) is 0 Å². The normalized spacial score (nSPS) is 18.8. The van der Waals surface area contributed by atoms with Gasteiger partial charge in [0.15, 0.2) is 0 Å². The van der Waals surface area contributed by atoms with Crippen LogP contribution in [-0.4, -0.2) is 23.9 Å². The van der Waals surface area contributed by atoms with Crippen molar-refractivity contribution >= 4 is 5.91 Å². The van der Waals surface area contributed by atoms with Gasteiger partial charge in [0.05, 0.1) is 0 Å². The molecule has 0 aromatic rings. The molecule has 0 aromatic heterocycles. The molecular weight excluding hydrogens is 174 g/mol. The van der Waals surface area contributed by atoms with Gasteiger partial charge in [-0.15, -0.1) is 0 Å². The van der Waals surface area contributed by atoms with E-state index in [9.17, 15) is 4.79 Å². The minimum absolute atomic E-state index is 0.197. The predicted molar refractivity (Wildman–Crippen MR) is 59.1 cm³/mol. The zero-order valence-corrected chi connectivity index (χ0v) is 9.97. The largest absolute Gasteiger partial charge is 0.342 e. The van der Waals surface area contributed by atoms with Crippen molar-refractivity contribution in [2.75, 3.05) is 13.1 Å². The van der Waals surface area contributed by atoms with Crippen LogP contribution in [0.5, 0.6) is 0 Å². The van der Waals surface area contributed by atoms with E-state index in [1.54, 1.807) is 0 Å². The fraction of sp³-hybridized carbons (Fsp3) is 0.917. The Balaban J connectivity index is 2.63. The second kappa shape index (κ2) is 4.33. The third-order valence-electron chi connectivity index (χ3n) is 3.64. The van der Waals surface area contributed by atoms with Crippen molar-refractivity contribution in [3.8, 4) is 0 Å². The Morgan fingerprint density at radius 2 is 1.64 bits per heavy atom. The number of carbonyl (C=O) groups is 1. The lowest BCUT2D eigenvalue weighted by molar-refractivity contribution is -0.143. The lowest BCUT2D eigenvalue weighted by Gasteiger charge is -2.36. The van der Waals surface area contributed by atoms with E-state index in [0.717, 1.165) is 13.1 Å². The molecule has 82 valence electrons. The van der Waals surface area contributed by atoms with E-state index < -0.39 is 0 Å². The fourth-order valence-corrected chi connectivity index (χ4v) is 1.75. The maximum Gasteiger partial charge on any atom is 0.228 e. The monoisotopic (exact) mass is 197 g/mol. The number of nitrogens with zero attached hydrogens (tertiary/aromatic N) is 1. The standard InChI is InChI=1S/C12H23NO/c1-10(2)12(3,4)11(14)13-8-6-5-7-9-13/h10H,5-9H2,1-4H3. The van der Waals surface area contributed by atoms with Crippen LogP contribution in [0.3, 0.4) is 0 Å². The minimum Gasteiger partial charge on any atom is -0.342 e. The molecule has 1 heterocycles. The molecule has 2 heteroatoms. The quantitative estimate of drug-likeness (QED) is 0.666. The van der Waals surface area contributed by atoms with Gasteiger partial charge in [0, 0.05) is 18.5 Å². The molecule has 0 aromatic carbocycles. The number of amides is 1. The highest BCUT2D eigenvalue weighted by molar-refractivity contribution is 5.82. The maximum absolute atomic E-state index is 12.2. The molecule has 0 aliphatic carbocycles. The Bertz CT molecular complexity index is 202. The summed E-state index contributed by atoms with van der Waals surface area (Å²) in [6.45, 7) is 10.3. The third-order valence-corrected chi connectivity index (χ3v) is 3.64. The Morgan fingerprint density at radius 3 is 2.07 bits per heavy atom. The molecule has 1 saturated heterocycles. The molecule has 1 aliphatic heterocycles. The van der Waals surface area contributed by atoms with Crippen LogP contribution in [0.25, 0.3) is 0 Å². The Labute approximate surface area is 87.7 Å². The summed E-state index contributed by atoms with van der Waals surface area (Å²) in [5.41, 5.74) is -0.197. The van der Waals surface area contributed by atoms with Crippen molar-refractivity contribution in [1.29, 1.82) is 0 Å². The van der Waals surface area contributed by atoms with Gasteiger partial charge in [-0.2, -0.15) is 0 Å². The molecule has 0 radical (unpaired) electrons. The molecule has 0 saturated carbocycles. The van der Waals surface area contributed by atoms with Crippen LogP contribution >= 0.6 is 0 Å². The molecule has 1 amide bonds. The number of carbonyl (C=O) groups excluding carboxylic acids is 1. The zero-order chi connectivity index (χ0) is 10.8. The predicted octanol–water partition coefficient (Wildman–Crippen LogP) is 2.68. The van der Waals surface area contributed by atoms with Gasteiger partial charge in [-0.25, -0.2) is 0 Å². The van der Waals surface area contributed by atoms with Crippen LogP contribution < -0.4 is 0 Å². The molecule has 2 nitrogen and oxygen atoms in total. The molecule has 0 spiro atoms. The summed E-state index contributed by atoms with van der Waals surface area (Å²) in [6, 6.07) is 0. The molecule has 0 N–H and O–H groups in total. The van der Waals surface area contributed by atoms with Gasteiger partial charge < -0.3 is 4.90 Å². The summed E-state index contributed by atoms with van der Waals surface area (Å²) in [4.78, 5) is 14.2. The minimum atomic E-state index is -0.197. The van der Waals surface area contributed by atoms with Gasteiger partial charge in [-0.1, -0.05) is 27.7 Å². The van der Waals surface area contributed by atoms with Crippen molar-refractivity contribution < 1.29 is 4.79 Å². The molecule has 0 bridgehead atoms. The van der Waals surface area contributed by atoms with E-state index in [1.807, 2.05) is 4.90 Å². The first-order valence-electron chi connectivity index (χ1n) is 5.75. The maximum atomic E-state index is 12.2. The average molecular weight is 197 g/mol. The van der Waals surface area contributed by atoms with Crippen molar-refractivity contribution in [2.45, 2.75) is 47.0 Å². The molecular formula is C12H23NO. The van der Waals surface area contributed by atoms with E-state index in [-0.39, 0.29) is 5.41 Å². The highest BCUT2D eigenvalue weighted by atomic mass is 16.2. The number of piperidine rings is 1. The lowest BCUT2D eigenvalue weighted by Crippen LogP contribution is -2.45. The van der Waals surface area contributed by atoms with Gasteiger partial charge in [-0.05, 0) is 25.2 Å². The first kappa shape index (κ1) is 11.5. The van der Waals surface area contributed by atoms with Crippen LogP contribution in [0.4, 0.5) is 0 Å². The van der Waals surface area contributed by atoms with Crippen molar-refractivity contribution in [2.24, 2.45) is 11.3 Å². The molecule has 1 fully saturated rings. The van der Waals surface area contributed by atoms with Crippen molar-refractivity contribution in [1.82, 2.24) is 4.90 Å². The topological polar surface area (TPSA) is 20.3 Å². The number of hydrogen-bond donors (Lipinski definition) is 0. The van der Waals surface area contributed by atoms with Crippen molar-refractivity contribution in [3.63, 3.8) is 0 Å². The Kier molecular flexibility index (Phi) is 3.57. The van der Waals surface area contributed by atoms with Gasteiger partial charge in [-0.3, -0.25) is 4.79 Å². The highest BCUT2D eigenvalue weighted by Crippen LogP contribution is 2.29. The fourth-order valence-electron chi connectivity index (χ4n) is 1.75. The van der Waals surface area contributed by atoms with Crippen LogP contribution in [0.1, 0.15) is 47.0 Å². The van der Waals surface area contributed by atoms with Gasteiger partial charge in [0.25, 0.3) is 0 Å². The number of hydrogen-bond acceptors (Lipinski definition) is 1. The highest BCUT2D eigenvalue weighted by Gasteiger charge is 2.35. The molecule has 0 atom stereocenters. The summed E-state index contributed by atoms with van der Waals surface area (Å²) in [6.07, 6.45) is 3.64. The number of likely N-dealkylation sites (tertiary alicyclic amines) is 1. The van der Waals surface area contributed by atoms with Gasteiger partial charge in [0.2, 0.25) is 5.91 Å². The molecule has 1 aliphatic rings. The molecule has 1 rings (SSSR count). The molecule has 14 heavy (non-hydrogen) atoms. The first-order valence-corrected chi connectivity index (χ1v) is 5.75. The average Bonchev–Trinajstić information content (AvgIpc) is 2.17. The number of rotatable bonds is 2. The van der Waals surface area contributed by atoms with E-state index in [4.69, 9.17) is 0 Å². The van der Waals surface area contributed by atoms with E-state index in [1.165, 1.54) is 19.3 Å². The third kappa shape index (κ3) is 2.28. The smallest absolute Gasteiger partial charge is 0.228 e. The van der Waals surface area contributed by atoms with Gasteiger partial charge in [0.1, 0.15) is 0 Å². The summed E-state index contributed by atoms with van der Waals surface area (Å²) >= 11 is 0.